The number of ether oxygens (including phenoxy) is 1. The second-order valence-corrected chi connectivity index (χ2v) is 8.37. The average molecular weight is 354 g/mol. The Hall–Kier alpha value is -1.85. The molecule has 5 rings (SSSR count). The quantitative estimate of drug-likeness (QED) is 0.799. The standard InChI is InChI=1S/C21H26N2O3/c1-13(24)20-8-5-10-23-11-9-21(19(20)23)15-6-3-4-7-16(15)22-17(21)14(12-20)18(25)26-2/h3-4,6-7,13,19,22,24H,5,8-12H2,1-2H3/t13-,19+,20+,21+/m1/s1. The van der Waals surface area contributed by atoms with Crippen molar-refractivity contribution in [1.82, 2.24) is 4.90 Å². The maximum absolute atomic E-state index is 12.8. The fourth-order valence-corrected chi connectivity index (χ4v) is 6.48. The monoisotopic (exact) mass is 354 g/mol. The van der Waals surface area contributed by atoms with Gasteiger partial charge in [0, 0.05) is 22.8 Å². The molecular formula is C21H26N2O3. The van der Waals surface area contributed by atoms with E-state index in [0.717, 1.165) is 49.3 Å². The van der Waals surface area contributed by atoms with E-state index < -0.39 is 6.10 Å². The van der Waals surface area contributed by atoms with Crippen molar-refractivity contribution in [3.8, 4) is 0 Å². The number of aliphatic hydroxyl groups excluding tert-OH is 1. The van der Waals surface area contributed by atoms with Crippen LogP contribution in [0.15, 0.2) is 35.5 Å². The lowest BCUT2D eigenvalue weighted by atomic mass is 9.53. The number of carbonyl (C=O) groups excluding carboxylic acids is 1. The highest BCUT2D eigenvalue weighted by Gasteiger charge is 2.67. The Bertz CT molecular complexity index is 817. The number of esters is 1. The van der Waals surface area contributed by atoms with Crippen LogP contribution >= 0.6 is 0 Å². The van der Waals surface area contributed by atoms with Gasteiger partial charge in [-0.2, -0.15) is 0 Å². The number of methoxy groups -OCH3 is 1. The van der Waals surface area contributed by atoms with Crippen LogP contribution in [0.5, 0.6) is 0 Å². The molecule has 0 radical (unpaired) electrons. The normalized spacial score (nSPS) is 36.0. The number of fused-ring (bicyclic) bond motifs is 1. The summed E-state index contributed by atoms with van der Waals surface area (Å²) < 4.78 is 5.17. The van der Waals surface area contributed by atoms with E-state index in [2.05, 4.69) is 28.4 Å². The molecule has 0 amide bonds. The molecule has 1 aromatic carbocycles. The Morgan fingerprint density at radius 1 is 1.35 bits per heavy atom. The minimum absolute atomic E-state index is 0.225. The van der Waals surface area contributed by atoms with Crippen LogP contribution in [0, 0.1) is 5.41 Å². The molecule has 5 heteroatoms. The third kappa shape index (κ3) is 1.75. The van der Waals surface area contributed by atoms with Gasteiger partial charge in [-0.05, 0) is 57.3 Å². The maximum atomic E-state index is 12.8. The second kappa shape index (κ2) is 5.33. The number of carbonyl (C=O) groups is 1. The number of aliphatic hydroxyl groups is 1. The van der Waals surface area contributed by atoms with Gasteiger partial charge in [0.15, 0.2) is 0 Å². The molecule has 1 aromatic rings. The van der Waals surface area contributed by atoms with E-state index in [0.29, 0.717) is 6.42 Å². The molecule has 138 valence electrons. The summed E-state index contributed by atoms with van der Waals surface area (Å²) in [5.41, 5.74) is 3.57. The molecule has 26 heavy (non-hydrogen) atoms. The SMILES string of the molecule is COC(=O)C1=C2Nc3ccccc3[C@@]23CCN2CCC[C@@]([C@@H](C)O)(C1)[C@H]23. The highest BCUT2D eigenvalue weighted by Crippen LogP contribution is 2.65. The molecule has 0 unspecified atom stereocenters. The number of nitrogens with one attached hydrogen (secondary N) is 1. The van der Waals surface area contributed by atoms with E-state index >= 15 is 0 Å². The molecule has 4 aliphatic rings. The van der Waals surface area contributed by atoms with E-state index in [1.807, 2.05) is 13.0 Å². The third-order valence-electron chi connectivity index (χ3n) is 7.44. The Kier molecular flexibility index (Phi) is 3.35. The van der Waals surface area contributed by atoms with E-state index in [1.165, 1.54) is 12.7 Å². The van der Waals surface area contributed by atoms with Crippen LogP contribution in [0.4, 0.5) is 5.69 Å². The number of benzene rings is 1. The van der Waals surface area contributed by atoms with E-state index in [9.17, 15) is 9.90 Å². The van der Waals surface area contributed by atoms with Crippen LogP contribution in [0.2, 0.25) is 0 Å². The number of anilines is 1. The zero-order valence-electron chi connectivity index (χ0n) is 15.4. The lowest BCUT2D eigenvalue weighted by Crippen LogP contribution is -2.63. The molecule has 1 spiro atoms. The lowest BCUT2D eigenvalue weighted by Gasteiger charge is -2.57. The molecule has 0 saturated carbocycles. The molecule has 0 aromatic heterocycles. The summed E-state index contributed by atoms with van der Waals surface area (Å²) in [5.74, 6) is -0.262. The second-order valence-electron chi connectivity index (χ2n) is 8.37. The van der Waals surface area contributed by atoms with E-state index in [4.69, 9.17) is 4.74 Å². The lowest BCUT2D eigenvalue weighted by molar-refractivity contribution is -0.138. The summed E-state index contributed by atoms with van der Waals surface area (Å²) in [6, 6.07) is 8.64. The molecule has 3 heterocycles. The van der Waals surface area contributed by atoms with Crippen molar-refractivity contribution in [2.24, 2.45) is 5.41 Å². The summed E-state index contributed by atoms with van der Waals surface area (Å²) in [7, 11) is 1.45. The zero-order chi connectivity index (χ0) is 18.1. The van der Waals surface area contributed by atoms with E-state index in [-0.39, 0.29) is 22.8 Å². The van der Waals surface area contributed by atoms with E-state index in [1.54, 1.807) is 0 Å². The molecule has 5 nitrogen and oxygen atoms in total. The van der Waals surface area contributed by atoms with Crippen LogP contribution < -0.4 is 5.32 Å². The minimum atomic E-state index is -0.473. The van der Waals surface area contributed by atoms with Gasteiger partial charge in [-0.1, -0.05) is 18.2 Å². The highest BCUT2D eigenvalue weighted by molar-refractivity contribution is 5.93. The van der Waals surface area contributed by atoms with Crippen molar-refractivity contribution >= 4 is 11.7 Å². The minimum Gasteiger partial charge on any atom is -0.466 e. The topological polar surface area (TPSA) is 61.8 Å². The summed E-state index contributed by atoms with van der Waals surface area (Å²) in [6.45, 7) is 3.99. The van der Waals surface area contributed by atoms with Crippen molar-refractivity contribution in [2.45, 2.75) is 50.2 Å². The number of hydrogen-bond acceptors (Lipinski definition) is 5. The van der Waals surface area contributed by atoms with Crippen molar-refractivity contribution in [3.63, 3.8) is 0 Å². The van der Waals surface area contributed by atoms with Crippen molar-refractivity contribution in [1.29, 1.82) is 0 Å². The van der Waals surface area contributed by atoms with Gasteiger partial charge in [0.25, 0.3) is 0 Å². The number of piperidine rings is 1. The summed E-state index contributed by atoms with van der Waals surface area (Å²) in [5, 5.41) is 14.5. The molecular weight excluding hydrogens is 328 g/mol. The third-order valence-corrected chi connectivity index (χ3v) is 7.44. The van der Waals surface area contributed by atoms with Gasteiger partial charge in [0.1, 0.15) is 0 Å². The molecule has 1 aliphatic carbocycles. The first kappa shape index (κ1) is 16.3. The zero-order valence-corrected chi connectivity index (χ0v) is 15.4. The van der Waals surface area contributed by atoms with Crippen molar-refractivity contribution < 1.29 is 14.6 Å². The van der Waals surface area contributed by atoms with Crippen LogP contribution in [0.3, 0.4) is 0 Å². The first-order valence-corrected chi connectivity index (χ1v) is 9.65. The number of rotatable bonds is 2. The predicted octanol–water partition coefficient (Wildman–Crippen LogP) is 2.42. The van der Waals surface area contributed by atoms with Gasteiger partial charge < -0.3 is 15.2 Å². The van der Waals surface area contributed by atoms with Crippen LogP contribution in [0.25, 0.3) is 0 Å². The molecule has 4 atom stereocenters. The van der Waals surface area contributed by atoms with Gasteiger partial charge in [0.2, 0.25) is 0 Å². The molecule has 2 fully saturated rings. The first-order valence-electron chi connectivity index (χ1n) is 9.65. The largest absolute Gasteiger partial charge is 0.466 e. The molecule has 0 bridgehead atoms. The van der Waals surface area contributed by atoms with Gasteiger partial charge >= 0.3 is 5.97 Å². The maximum Gasteiger partial charge on any atom is 0.335 e. The summed E-state index contributed by atoms with van der Waals surface area (Å²) in [6.07, 6.45) is 3.10. The van der Waals surface area contributed by atoms with Crippen LogP contribution in [-0.2, 0) is 14.9 Å². The Labute approximate surface area is 154 Å². The number of nitrogens with zero attached hydrogens (tertiary/aromatic N) is 1. The Morgan fingerprint density at radius 2 is 2.15 bits per heavy atom. The fraction of sp³-hybridized carbons (Fsp3) is 0.571. The van der Waals surface area contributed by atoms with Gasteiger partial charge in [-0.15, -0.1) is 0 Å². The smallest absolute Gasteiger partial charge is 0.335 e. The highest BCUT2D eigenvalue weighted by atomic mass is 16.5. The summed E-state index contributed by atoms with van der Waals surface area (Å²) >= 11 is 0. The number of para-hydroxylation sites is 1. The summed E-state index contributed by atoms with van der Waals surface area (Å²) in [4.78, 5) is 15.3. The van der Waals surface area contributed by atoms with Crippen LogP contribution in [0.1, 0.15) is 38.2 Å². The first-order chi connectivity index (χ1) is 12.5. The Morgan fingerprint density at radius 3 is 2.92 bits per heavy atom. The van der Waals surface area contributed by atoms with Crippen molar-refractivity contribution in [2.75, 3.05) is 25.5 Å². The molecule has 2 saturated heterocycles. The Balaban J connectivity index is 1.82. The molecule has 3 aliphatic heterocycles. The van der Waals surface area contributed by atoms with Gasteiger partial charge in [0.05, 0.1) is 24.2 Å². The van der Waals surface area contributed by atoms with Crippen molar-refractivity contribution in [3.05, 3.63) is 41.1 Å². The average Bonchev–Trinajstić information content (AvgIpc) is 3.21. The predicted molar refractivity (Wildman–Crippen MR) is 98.7 cm³/mol. The van der Waals surface area contributed by atoms with Gasteiger partial charge in [-0.25, -0.2) is 4.79 Å². The molecule has 2 N–H and O–H groups in total. The van der Waals surface area contributed by atoms with Gasteiger partial charge in [-0.3, -0.25) is 4.90 Å². The fourth-order valence-electron chi connectivity index (χ4n) is 6.48. The van der Waals surface area contributed by atoms with Crippen LogP contribution in [-0.4, -0.2) is 48.3 Å². The number of hydrogen-bond donors (Lipinski definition) is 2.